The lowest BCUT2D eigenvalue weighted by molar-refractivity contribution is 0.0921. The Kier molecular flexibility index (Phi) is 5.77. The molecule has 2 rings (SSSR count). The van der Waals surface area contributed by atoms with Crippen molar-refractivity contribution in [3.8, 4) is 0 Å². The van der Waals surface area contributed by atoms with Crippen molar-refractivity contribution in [3.05, 3.63) is 34.2 Å². The molecule has 0 aromatic carbocycles. The summed E-state index contributed by atoms with van der Waals surface area (Å²) in [5, 5.41) is 3.00. The van der Waals surface area contributed by atoms with Crippen molar-refractivity contribution >= 4 is 5.91 Å². The lowest BCUT2D eigenvalue weighted by Crippen LogP contribution is -2.45. The van der Waals surface area contributed by atoms with E-state index < -0.39 is 0 Å². The van der Waals surface area contributed by atoms with Gasteiger partial charge in [-0.2, -0.15) is 0 Å². The van der Waals surface area contributed by atoms with Crippen LogP contribution in [0.1, 0.15) is 42.5 Å². The summed E-state index contributed by atoms with van der Waals surface area (Å²) in [7, 11) is 5.82. The molecule has 1 fully saturated rings. The van der Waals surface area contributed by atoms with Crippen LogP contribution in [0.25, 0.3) is 0 Å². The van der Waals surface area contributed by atoms with Crippen molar-refractivity contribution in [2.45, 2.75) is 38.1 Å². The highest BCUT2D eigenvalue weighted by molar-refractivity contribution is 5.93. The highest BCUT2D eigenvalue weighted by atomic mass is 16.2. The Balaban J connectivity index is 1.97. The molecule has 0 aliphatic heterocycles. The van der Waals surface area contributed by atoms with Crippen molar-refractivity contribution in [1.82, 2.24) is 14.8 Å². The second-order valence-electron chi connectivity index (χ2n) is 6.50. The van der Waals surface area contributed by atoms with Crippen molar-refractivity contribution in [3.63, 3.8) is 0 Å². The Morgan fingerprint density at radius 2 is 2.05 bits per heavy atom. The first-order chi connectivity index (χ1) is 10.5. The van der Waals surface area contributed by atoms with Crippen LogP contribution in [-0.4, -0.2) is 42.1 Å². The normalized spacial score (nSPS) is 17.5. The summed E-state index contributed by atoms with van der Waals surface area (Å²) in [6.07, 6.45) is 8.02. The predicted molar refractivity (Wildman–Crippen MR) is 88.1 cm³/mol. The molecule has 1 N–H and O–H groups in total. The summed E-state index contributed by atoms with van der Waals surface area (Å²) in [5.41, 5.74) is 0.272. The highest BCUT2D eigenvalue weighted by Gasteiger charge is 2.25. The van der Waals surface area contributed by atoms with Crippen molar-refractivity contribution in [1.29, 1.82) is 0 Å². The molecule has 0 radical (unpaired) electrons. The zero-order chi connectivity index (χ0) is 16.1. The maximum absolute atomic E-state index is 12.2. The fourth-order valence-corrected chi connectivity index (χ4v) is 3.28. The van der Waals surface area contributed by atoms with Gasteiger partial charge in [0.2, 0.25) is 0 Å². The number of pyridine rings is 1. The third-order valence-corrected chi connectivity index (χ3v) is 4.70. The van der Waals surface area contributed by atoms with E-state index in [1.807, 2.05) is 0 Å². The molecule has 1 saturated carbocycles. The van der Waals surface area contributed by atoms with E-state index in [4.69, 9.17) is 0 Å². The van der Waals surface area contributed by atoms with Gasteiger partial charge in [0.05, 0.1) is 0 Å². The molecule has 0 saturated heterocycles. The van der Waals surface area contributed by atoms with Gasteiger partial charge in [0.25, 0.3) is 11.5 Å². The van der Waals surface area contributed by atoms with E-state index in [9.17, 15) is 9.59 Å². The number of carbonyl (C=O) groups excluding carboxylic acids is 1. The van der Waals surface area contributed by atoms with Crippen LogP contribution in [0.5, 0.6) is 0 Å². The molecule has 122 valence electrons. The first-order valence-electron chi connectivity index (χ1n) is 8.10. The van der Waals surface area contributed by atoms with Crippen LogP contribution in [0.2, 0.25) is 0 Å². The van der Waals surface area contributed by atoms with E-state index >= 15 is 0 Å². The van der Waals surface area contributed by atoms with Crippen molar-refractivity contribution < 1.29 is 4.79 Å². The first kappa shape index (κ1) is 16.7. The van der Waals surface area contributed by atoms with Gasteiger partial charge >= 0.3 is 0 Å². The monoisotopic (exact) mass is 305 g/mol. The molecule has 1 atom stereocenters. The fraction of sp³-hybridized carbons (Fsp3) is 0.647. The number of aryl methyl sites for hydroxylation is 1. The zero-order valence-corrected chi connectivity index (χ0v) is 13.8. The third kappa shape index (κ3) is 4.19. The van der Waals surface area contributed by atoms with Crippen LogP contribution in [-0.2, 0) is 7.05 Å². The molecule has 1 aromatic rings. The summed E-state index contributed by atoms with van der Waals surface area (Å²) < 4.78 is 1.46. The molecule has 1 unspecified atom stereocenters. The maximum Gasteiger partial charge on any atom is 0.251 e. The van der Waals surface area contributed by atoms with E-state index in [0.29, 0.717) is 24.1 Å². The molecule has 1 heterocycles. The number of hydrogen-bond acceptors (Lipinski definition) is 3. The summed E-state index contributed by atoms with van der Waals surface area (Å²) in [6.45, 7) is 0.631. The minimum absolute atomic E-state index is 0.163. The van der Waals surface area contributed by atoms with Crippen LogP contribution in [0.3, 0.4) is 0 Å². The largest absolute Gasteiger partial charge is 0.350 e. The molecular weight excluding hydrogens is 278 g/mol. The Hall–Kier alpha value is -1.62. The second-order valence-corrected chi connectivity index (χ2v) is 6.50. The average Bonchev–Trinajstić information content (AvgIpc) is 2.50. The van der Waals surface area contributed by atoms with E-state index in [1.54, 1.807) is 19.3 Å². The van der Waals surface area contributed by atoms with Crippen molar-refractivity contribution in [2.24, 2.45) is 13.0 Å². The van der Waals surface area contributed by atoms with Gasteiger partial charge in [-0.3, -0.25) is 9.59 Å². The summed E-state index contributed by atoms with van der Waals surface area (Å²) >= 11 is 0. The van der Waals surface area contributed by atoms with Gasteiger partial charge in [-0.15, -0.1) is 0 Å². The first-order valence-corrected chi connectivity index (χ1v) is 8.10. The third-order valence-electron chi connectivity index (χ3n) is 4.70. The van der Waals surface area contributed by atoms with Gasteiger partial charge in [0.1, 0.15) is 0 Å². The van der Waals surface area contributed by atoms with Crippen LogP contribution in [0.4, 0.5) is 0 Å². The Labute approximate surface area is 132 Å². The van der Waals surface area contributed by atoms with Crippen molar-refractivity contribution in [2.75, 3.05) is 20.6 Å². The van der Waals surface area contributed by atoms with Gasteiger partial charge < -0.3 is 14.8 Å². The maximum atomic E-state index is 12.2. The highest BCUT2D eigenvalue weighted by Crippen LogP contribution is 2.28. The van der Waals surface area contributed by atoms with Gasteiger partial charge in [-0.1, -0.05) is 19.3 Å². The topological polar surface area (TPSA) is 54.3 Å². The van der Waals surface area contributed by atoms with Gasteiger partial charge in [0.15, 0.2) is 0 Å². The molecule has 1 aliphatic rings. The summed E-state index contributed by atoms with van der Waals surface area (Å²) in [6, 6.07) is 3.43. The number of likely N-dealkylation sites (N-methyl/N-ethyl adjacent to an activating group) is 1. The van der Waals surface area contributed by atoms with Crippen LogP contribution < -0.4 is 10.9 Å². The zero-order valence-electron chi connectivity index (χ0n) is 13.8. The number of aromatic nitrogens is 1. The average molecular weight is 305 g/mol. The lowest BCUT2D eigenvalue weighted by Gasteiger charge is -2.35. The van der Waals surface area contributed by atoms with E-state index in [1.165, 1.54) is 42.7 Å². The van der Waals surface area contributed by atoms with Crippen LogP contribution >= 0.6 is 0 Å². The standard InChI is InChI=1S/C17H27N3O2/c1-19(2)15(13-7-5-4-6-8-13)12-18-17(22)14-9-10-20(3)16(21)11-14/h9-11,13,15H,4-8,12H2,1-3H3,(H,18,22). The smallest absolute Gasteiger partial charge is 0.251 e. The van der Waals surface area contributed by atoms with Gasteiger partial charge in [-0.25, -0.2) is 0 Å². The van der Waals surface area contributed by atoms with Gasteiger partial charge in [-0.05, 0) is 38.9 Å². The number of carbonyl (C=O) groups is 1. The molecule has 1 aromatic heterocycles. The fourth-order valence-electron chi connectivity index (χ4n) is 3.28. The molecule has 5 nitrogen and oxygen atoms in total. The molecule has 5 heteroatoms. The van der Waals surface area contributed by atoms with Gasteiger partial charge in [0, 0.05) is 37.5 Å². The van der Waals surface area contributed by atoms with Crippen LogP contribution in [0.15, 0.2) is 23.1 Å². The minimum atomic E-state index is -0.166. The SMILES string of the molecule is CN(C)C(CNC(=O)c1ccn(C)c(=O)c1)C1CCCCC1. The molecule has 1 amide bonds. The number of rotatable bonds is 5. The number of hydrogen-bond donors (Lipinski definition) is 1. The molecule has 0 spiro atoms. The number of amides is 1. The molecule has 0 bridgehead atoms. The quantitative estimate of drug-likeness (QED) is 0.899. The minimum Gasteiger partial charge on any atom is -0.350 e. The molecule has 1 aliphatic carbocycles. The molecule has 22 heavy (non-hydrogen) atoms. The predicted octanol–water partition coefficient (Wildman–Crippen LogP) is 1.63. The van der Waals surface area contributed by atoms with E-state index in [0.717, 1.165) is 0 Å². The Bertz CT molecular complexity index is 559. The van der Waals surface area contributed by atoms with E-state index in [2.05, 4.69) is 24.3 Å². The number of nitrogens with one attached hydrogen (secondary N) is 1. The Morgan fingerprint density at radius 1 is 1.36 bits per heavy atom. The lowest BCUT2D eigenvalue weighted by atomic mass is 9.83. The van der Waals surface area contributed by atoms with E-state index in [-0.39, 0.29) is 11.5 Å². The Morgan fingerprint density at radius 3 is 2.64 bits per heavy atom. The van der Waals surface area contributed by atoms with Crippen LogP contribution in [0, 0.1) is 5.92 Å². The summed E-state index contributed by atoms with van der Waals surface area (Å²) in [5.74, 6) is 0.480. The second kappa shape index (κ2) is 7.58. The molecular formula is C17H27N3O2. The number of nitrogens with zero attached hydrogens (tertiary/aromatic N) is 2. The summed E-state index contributed by atoms with van der Waals surface area (Å²) in [4.78, 5) is 26.1.